The number of piperazine rings is 1. The maximum atomic E-state index is 4.67. The van der Waals surface area contributed by atoms with Crippen molar-refractivity contribution in [3.8, 4) is 0 Å². The molecule has 122 valence electrons. The normalized spacial score (nSPS) is 21.5. The van der Waals surface area contributed by atoms with Crippen molar-refractivity contribution in [2.24, 2.45) is 4.99 Å². The van der Waals surface area contributed by atoms with E-state index in [0.717, 1.165) is 19.0 Å². The Morgan fingerprint density at radius 2 is 1.76 bits per heavy atom. The van der Waals surface area contributed by atoms with Crippen LogP contribution in [0, 0.1) is 0 Å². The lowest BCUT2D eigenvalue weighted by atomic mass is 10.2. The Morgan fingerprint density at radius 1 is 1.05 bits per heavy atom. The lowest BCUT2D eigenvalue weighted by Crippen LogP contribution is -2.46. The van der Waals surface area contributed by atoms with Gasteiger partial charge in [-0.15, -0.1) is 0 Å². The molecule has 0 bridgehead atoms. The Hall–Kier alpha value is -0.810. The summed E-state index contributed by atoms with van der Waals surface area (Å²) in [5.74, 6) is 1.01. The number of hydrogen-bond donors (Lipinski definition) is 2. The van der Waals surface area contributed by atoms with Gasteiger partial charge in [-0.25, -0.2) is 0 Å². The standard InChI is InChI=1S/C16H33N5/c1-3-17-16(19-15-7-8-15)18-9-5-6-10-21-13-11-20(4-2)12-14-21/h15H,3-14H2,1-2H3,(H2,17,18,19). The van der Waals surface area contributed by atoms with Crippen molar-refractivity contribution in [2.45, 2.75) is 45.6 Å². The SMILES string of the molecule is CCNC(=NCCCCN1CCN(CC)CC1)NC1CC1. The highest BCUT2D eigenvalue weighted by atomic mass is 15.3. The van der Waals surface area contributed by atoms with E-state index in [0.29, 0.717) is 6.04 Å². The molecule has 0 radical (unpaired) electrons. The highest BCUT2D eigenvalue weighted by molar-refractivity contribution is 5.80. The van der Waals surface area contributed by atoms with Crippen LogP contribution in [0.3, 0.4) is 0 Å². The molecule has 21 heavy (non-hydrogen) atoms. The molecule has 2 rings (SSSR count). The third-order valence-corrected chi connectivity index (χ3v) is 4.33. The van der Waals surface area contributed by atoms with E-state index in [1.807, 2.05) is 0 Å². The summed E-state index contributed by atoms with van der Waals surface area (Å²) in [6.45, 7) is 13.7. The second kappa shape index (κ2) is 9.26. The van der Waals surface area contributed by atoms with E-state index in [9.17, 15) is 0 Å². The number of unbranched alkanes of at least 4 members (excludes halogenated alkanes) is 1. The molecular formula is C16H33N5. The molecule has 0 aromatic heterocycles. The predicted molar refractivity (Wildman–Crippen MR) is 89.9 cm³/mol. The van der Waals surface area contributed by atoms with Gasteiger partial charge in [0.05, 0.1) is 0 Å². The zero-order chi connectivity index (χ0) is 14.9. The van der Waals surface area contributed by atoms with Crippen molar-refractivity contribution in [3.63, 3.8) is 0 Å². The molecule has 0 aromatic rings. The van der Waals surface area contributed by atoms with E-state index >= 15 is 0 Å². The van der Waals surface area contributed by atoms with Gasteiger partial charge in [0.1, 0.15) is 0 Å². The molecule has 0 aromatic carbocycles. The van der Waals surface area contributed by atoms with Crippen molar-refractivity contribution >= 4 is 5.96 Å². The first-order valence-corrected chi connectivity index (χ1v) is 8.81. The molecule has 0 unspecified atom stereocenters. The molecule has 5 heteroatoms. The zero-order valence-electron chi connectivity index (χ0n) is 13.9. The fourth-order valence-corrected chi connectivity index (χ4v) is 2.71. The monoisotopic (exact) mass is 295 g/mol. The minimum Gasteiger partial charge on any atom is -0.357 e. The summed E-state index contributed by atoms with van der Waals surface area (Å²) >= 11 is 0. The first-order chi connectivity index (χ1) is 10.3. The fourth-order valence-electron chi connectivity index (χ4n) is 2.71. The summed E-state index contributed by atoms with van der Waals surface area (Å²) < 4.78 is 0. The third kappa shape index (κ3) is 6.66. The molecule has 2 fully saturated rings. The Bertz CT molecular complexity index is 306. The number of nitrogens with one attached hydrogen (secondary N) is 2. The van der Waals surface area contributed by atoms with E-state index in [-0.39, 0.29) is 0 Å². The Labute approximate surface area is 130 Å². The van der Waals surface area contributed by atoms with Gasteiger partial charge in [-0.3, -0.25) is 4.99 Å². The molecule has 2 aliphatic rings. The van der Waals surface area contributed by atoms with Crippen LogP contribution in [0.2, 0.25) is 0 Å². The van der Waals surface area contributed by atoms with Crippen molar-refractivity contribution < 1.29 is 0 Å². The lowest BCUT2D eigenvalue weighted by molar-refractivity contribution is 0.136. The summed E-state index contributed by atoms with van der Waals surface area (Å²) in [5.41, 5.74) is 0. The smallest absolute Gasteiger partial charge is 0.191 e. The van der Waals surface area contributed by atoms with Crippen LogP contribution in [0.4, 0.5) is 0 Å². The van der Waals surface area contributed by atoms with Crippen LogP contribution in [0.1, 0.15) is 39.5 Å². The maximum absolute atomic E-state index is 4.67. The Kier molecular flexibility index (Phi) is 7.30. The molecule has 0 spiro atoms. The summed E-state index contributed by atoms with van der Waals surface area (Å²) in [7, 11) is 0. The third-order valence-electron chi connectivity index (χ3n) is 4.33. The first-order valence-electron chi connectivity index (χ1n) is 8.81. The maximum Gasteiger partial charge on any atom is 0.191 e. The zero-order valence-corrected chi connectivity index (χ0v) is 13.9. The molecule has 1 aliphatic heterocycles. The van der Waals surface area contributed by atoms with Crippen LogP contribution in [0.15, 0.2) is 4.99 Å². The molecule has 1 saturated heterocycles. The summed E-state index contributed by atoms with van der Waals surface area (Å²) in [5, 5.41) is 6.79. The van der Waals surface area contributed by atoms with Gasteiger partial charge in [-0.05, 0) is 45.7 Å². The lowest BCUT2D eigenvalue weighted by Gasteiger charge is -2.33. The Morgan fingerprint density at radius 3 is 2.38 bits per heavy atom. The second-order valence-electron chi connectivity index (χ2n) is 6.16. The van der Waals surface area contributed by atoms with Crippen molar-refractivity contribution in [3.05, 3.63) is 0 Å². The first kappa shape index (κ1) is 16.6. The number of likely N-dealkylation sites (N-methyl/N-ethyl adjacent to an activating group) is 1. The predicted octanol–water partition coefficient (Wildman–Crippen LogP) is 1.12. The highest BCUT2D eigenvalue weighted by Crippen LogP contribution is 2.18. The Balaban J connectivity index is 1.54. The van der Waals surface area contributed by atoms with E-state index in [1.165, 1.54) is 65.0 Å². The largest absolute Gasteiger partial charge is 0.357 e. The summed E-state index contributed by atoms with van der Waals surface area (Å²) in [6, 6.07) is 0.678. The van der Waals surface area contributed by atoms with Crippen molar-refractivity contribution in [1.82, 2.24) is 20.4 Å². The van der Waals surface area contributed by atoms with Gasteiger partial charge in [-0.2, -0.15) is 0 Å². The van der Waals surface area contributed by atoms with Crippen LogP contribution in [-0.2, 0) is 0 Å². The van der Waals surface area contributed by atoms with Crippen molar-refractivity contribution in [1.29, 1.82) is 0 Å². The van der Waals surface area contributed by atoms with Gasteiger partial charge >= 0.3 is 0 Å². The number of rotatable bonds is 8. The second-order valence-corrected chi connectivity index (χ2v) is 6.16. The van der Waals surface area contributed by atoms with Crippen LogP contribution in [-0.4, -0.2) is 74.2 Å². The number of guanidine groups is 1. The molecule has 1 aliphatic carbocycles. The van der Waals surface area contributed by atoms with Gasteiger partial charge in [0, 0.05) is 45.3 Å². The minimum absolute atomic E-state index is 0.678. The fraction of sp³-hybridized carbons (Fsp3) is 0.938. The van der Waals surface area contributed by atoms with Gasteiger partial charge in [0.2, 0.25) is 0 Å². The number of hydrogen-bond acceptors (Lipinski definition) is 3. The quantitative estimate of drug-likeness (QED) is 0.400. The van der Waals surface area contributed by atoms with Gasteiger partial charge in [0.25, 0.3) is 0 Å². The highest BCUT2D eigenvalue weighted by Gasteiger charge is 2.22. The topological polar surface area (TPSA) is 42.9 Å². The van der Waals surface area contributed by atoms with Gasteiger partial charge in [0.15, 0.2) is 5.96 Å². The molecule has 0 atom stereocenters. The molecular weight excluding hydrogens is 262 g/mol. The molecule has 5 nitrogen and oxygen atoms in total. The van der Waals surface area contributed by atoms with Crippen LogP contribution in [0.25, 0.3) is 0 Å². The van der Waals surface area contributed by atoms with Crippen LogP contribution >= 0.6 is 0 Å². The van der Waals surface area contributed by atoms with E-state index in [2.05, 4.69) is 39.3 Å². The van der Waals surface area contributed by atoms with E-state index < -0.39 is 0 Å². The van der Waals surface area contributed by atoms with E-state index in [4.69, 9.17) is 0 Å². The molecule has 1 saturated carbocycles. The minimum atomic E-state index is 0.678. The summed E-state index contributed by atoms with van der Waals surface area (Å²) in [6.07, 6.45) is 5.05. The average molecular weight is 295 g/mol. The van der Waals surface area contributed by atoms with Crippen LogP contribution in [0.5, 0.6) is 0 Å². The molecule has 2 N–H and O–H groups in total. The van der Waals surface area contributed by atoms with Gasteiger partial charge in [-0.1, -0.05) is 6.92 Å². The number of aliphatic imine (C=N–C) groups is 1. The number of nitrogens with zero attached hydrogens (tertiary/aromatic N) is 3. The van der Waals surface area contributed by atoms with Gasteiger partial charge < -0.3 is 20.4 Å². The molecule has 1 heterocycles. The van der Waals surface area contributed by atoms with Crippen molar-refractivity contribution in [2.75, 3.05) is 52.4 Å². The summed E-state index contributed by atoms with van der Waals surface area (Å²) in [4.78, 5) is 9.80. The molecule has 0 amide bonds. The van der Waals surface area contributed by atoms with E-state index in [1.54, 1.807) is 0 Å². The average Bonchev–Trinajstić information content (AvgIpc) is 3.31. The van der Waals surface area contributed by atoms with Crippen LogP contribution < -0.4 is 10.6 Å².